The molecule has 1 aromatic carbocycles. The first-order valence-corrected chi connectivity index (χ1v) is 5.33. The number of rotatable bonds is 0. The Morgan fingerprint density at radius 2 is 2.20 bits per heavy atom. The lowest BCUT2D eigenvalue weighted by Crippen LogP contribution is -2.05. The van der Waals surface area contributed by atoms with Crippen LogP contribution in [0.3, 0.4) is 0 Å². The van der Waals surface area contributed by atoms with E-state index >= 15 is 0 Å². The Kier molecular flexibility index (Phi) is 2.51. The highest BCUT2D eigenvalue weighted by Gasteiger charge is 2.17. The van der Waals surface area contributed by atoms with E-state index in [0.29, 0.717) is 5.92 Å². The smallest absolute Gasteiger partial charge is 0.123 e. The second kappa shape index (κ2) is 3.69. The van der Waals surface area contributed by atoms with Gasteiger partial charge in [0.2, 0.25) is 0 Å². The van der Waals surface area contributed by atoms with Gasteiger partial charge >= 0.3 is 0 Å². The molecule has 2 rings (SSSR count). The maximum Gasteiger partial charge on any atom is 0.123 e. The predicted octanol–water partition coefficient (Wildman–Crippen LogP) is 3.64. The van der Waals surface area contributed by atoms with Crippen LogP contribution >= 0.6 is 0 Å². The lowest BCUT2D eigenvalue weighted by atomic mass is 10.00. The van der Waals surface area contributed by atoms with Crippen LogP contribution in [0.4, 0.5) is 10.1 Å². The zero-order valence-corrected chi connectivity index (χ0v) is 9.23. The molecular formula is C13H16FN. The summed E-state index contributed by atoms with van der Waals surface area (Å²) in [7, 11) is 0. The largest absolute Gasteiger partial charge is 0.359 e. The second-order valence-corrected chi connectivity index (χ2v) is 4.35. The van der Waals surface area contributed by atoms with E-state index in [1.165, 1.54) is 0 Å². The minimum Gasteiger partial charge on any atom is -0.359 e. The van der Waals surface area contributed by atoms with E-state index in [4.69, 9.17) is 0 Å². The molecule has 0 spiro atoms. The van der Waals surface area contributed by atoms with Crippen molar-refractivity contribution >= 4 is 5.69 Å². The molecule has 2 heteroatoms. The average Bonchev–Trinajstić information content (AvgIpc) is 2.30. The number of hydrogen-bond acceptors (Lipinski definition) is 1. The standard InChI is InChI=1S/C13H16FN/c1-8-4-5-11-7-12(14)6-9(2)13(11)15-10(8)3/h6-8,15H,3-5H2,1-2H3/t8-/m0/s1. The van der Waals surface area contributed by atoms with E-state index in [9.17, 15) is 4.39 Å². The van der Waals surface area contributed by atoms with Crippen molar-refractivity contribution in [2.75, 3.05) is 5.32 Å². The summed E-state index contributed by atoms with van der Waals surface area (Å²) in [5, 5.41) is 3.31. The van der Waals surface area contributed by atoms with Gasteiger partial charge in [0.1, 0.15) is 5.82 Å². The Morgan fingerprint density at radius 3 is 2.93 bits per heavy atom. The first kappa shape index (κ1) is 10.2. The van der Waals surface area contributed by atoms with Gasteiger partial charge in [0.15, 0.2) is 0 Å². The topological polar surface area (TPSA) is 12.0 Å². The molecule has 0 radical (unpaired) electrons. The first-order valence-electron chi connectivity index (χ1n) is 5.33. The van der Waals surface area contributed by atoms with Crippen LogP contribution < -0.4 is 5.32 Å². The van der Waals surface area contributed by atoms with Crippen molar-refractivity contribution in [1.29, 1.82) is 0 Å². The third-order valence-electron chi connectivity index (χ3n) is 3.11. The van der Waals surface area contributed by atoms with E-state index in [1.807, 2.05) is 6.92 Å². The van der Waals surface area contributed by atoms with Crippen molar-refractivity contribution in [3.8, 4) is 0 Å². The van der Waals surface area contributed by atoms with E-state index < -0.39 is 0 Å². The number of halogens is 1. The van der Waals surface area contributed by atoms with Gasteiger partial charge < -0.3 is 5.32 Å². The van der Waals surface area contributed by atoms with Crippen LogP contribution in [0.15, 0.2) is 24.4 Å². The minimum absolute atomic E-state index is 0.145. The molecule has 0 aromatic heterocycles. The fourth-order valence-corrected chi connectivity index (χ4v) is 2.02. The normalized spacial score (nSPS) is 20.5. The van der Waals surface area contributed by atoms with Crippen LogP contribution in [0.2, 0.25) is 0 Å². The quantitative estimate of drug-likeness (QED) is 0.681. The van der Waals surface area contributed by atoms with Crippen LogP contribution in [0.1, 0.15) is 24.5 Å². The number of aryl methyl sites for hydroxylation is 2. The maximum atomic E-state index is 13.2. The molecule has 0 unspecified atom stereocenters. The van der Waals surface area contributed by atoms with Gasteiger partial charge in [-0.2, -0.15) is 0 Å². The summed E-state index contributed by atoms with van der Waals surface area (Å²) >= 11 is 0. The molecule has 1 nitrogen and oxygen atoms in total. The van der Waals surface area contributed by atoms with Crippen molar-refractivity contribution in [2.24, 2.45) is 5.92 Å². The summed E-state index contributed by atoms with van der Waals surface area (Å²) in [6.45, 7) is 8.09. The number of hydrogen-bond donors (Lipinski definition) is 1. The molecule has 0 fully saturated rings. The first-order chi connectivity index (χ1) is 7.08. The fourth-order valence-electron chi connectivity index (χ4n) is 2.02. The monoisotopic (exact) mass is 205 g/mol. The highest BCUT2D eigenvalue weighted by molar-refractivity contribution is 5.61. The highest BCUT2D eigenvalue weighted by Crippen LogP contribution is 2.31. The molecule has 1 aliphatic heterocycles. The molecule has 1 aliphatic rings. The van der Waals surface area contributed by atoms with Gasteiger partial charge in [-0.05, 0) is 48.9 Å². The number of allylic oxidation sites excluding steroid dienone is 1. The fraction of sp³-hybridized carbons (Fsp3) is 0.385. The summed E-state index contributed by atoms with van der Waals surface area (Å²) in [5.41, 5.74) is 4.10. The van der Waals surface area contributed by atoms with E-state index in [-0.39, 0.29) is 5.82 Å². The molecule has 1 aromatic rings. The molecule has 0 saturated carbocycles. The Labute approximate surface area is 90.0 Å². The molecule has 15 heavy (non-hydrogen) atoms. The molecule has 1 heterocycles. The lowest BCUT2D eigenvalue weighted by molar-refractivity contribution is 0.614. The van der Waals surface area contributed by atoms with Crippen molar-refractivity contribution in [3.05, 3.63) is 41.4 Å². The zero-order chi connectivity index (χ0) is 11.0. The Morgan fingerprint density at radius 1 is 1.47 bits per heavy atom. The summed E-state index contributed by atoms with van der Waals surface area (Å²) < 4.78 is 13.2. The van der Waals surface area contributed by atoms with Crippen LogP contribution in [0.5, 0.6) is 0 Å². The van der Waals surface area contributed by atoms with Gasteiger partial charge in [0.25, 0.3) is 0 Å². The number of anilines is 1. The molecule has 1 atom stereocenters. The SMILES string of the molecule is C=C1Nc2c(C)cc(F)cc2CC[C@@H]1C. The summed E-state index contributed by atoms with van der Waals surface area (Å²) in [6, 6.07) is 3.19. The van der Waals surface area contributed by atoms with Crippen LogP contribution in [0, 0.1) is 18.7 Å². The summed E-state index contributed by atoms with van der Waals surface area (Å²) in [5.74, 6) is 0.299. The Balaban J connectivity index is 2.47. The molecule has 0 aliphatic carbocycles. The molecule has 80 valence electrons. The maximum absolute atomic E-state index is 13.2. The van der Waals surface area contributed by atoms with Gasteiger partial charge in [0.05, 0.1) is 0 Å². The van der Waals surface area contributed by atoms with Gasteiger partial charge in [-0.1, -0.05) is 13.5 Å². The summed E-state index contributed by atoms with van der Waals surface area (Å²) in [6.07, 6.45) is 1.95. The van der Waals surface area contributed by atoms with Crippen molar-refractivity contribution < 1.29 is 4.39 Å². The highest BCUT2D eigenvalue weighted by atomic mass is 19.1. The summed E-state index contributed by atoms with van der Waals surface area (Å²) in [4.78, 5) is 0. The Bertz CT molecular complexity index is 409. The predicted molar refractivity (Wildman–Crippen MR) is 61.4 cm³/mol. The molecule has 0 bridgehead atoms. The zero-order valence-electron chi connectivity index (χ0n) is 9.23. The van der Waals surface area contributed by atoms with Crippen LogP contribution in [-0.4, -0.2) is 0 Å². The molecule has 1 N–H and O–H groups in total. The average molecular weight is 205 g/mol. The molecule has 0 amide bonds. The van der Waals surface area contributed by atoms with E-state index in [0.717, 1.165) is 35.4 Å². The van der Waals surface area contributed by atoms with Crippen LogP contribution in [0.25, 0.3) is 0 Å². The molecule has 0 saturated heterocycles. The van der Waals surface area contributed by atoms with Gasteiger partial charge in [-0.15, -0.1) is 0 Å². The van der Waals surface area contributed by atoms with Crippen molar-refractivity contribution in [2.45, 2.75) is 26.7 Å². The van der Waals surface area contributed by atoms with Crippen molar-refractivity contribution in [1.82, 2.24) is 0 Å². The van der Waals surface area contributed by atoms with Gasteiger partial charge in [0, 0.05) is 11.4 Å². The number of benzene rings is 1. The number of fused-ring (bicyclic) bond motifs is 1. The molecular weight excluding hydrogens is 189 g/mol. The van der Waals surface area contributed by atoms with Crippen molar-refractivity contribution in [3.63, 3.8) is 0 Å². The minimum atomic E-state index is -0.145. The third-order valence-corrected chi connectivity index (χ3v) is 3.11. The van der Waals surface area contributed by atoms with Gasteiger partial charge in [-0.25, -0.2) is 4.39 Å². The van der Waals surface area contributed by atoms with Gasteiger partial charge in [-0.3, -0.25) is 0 Å². The van der Waals surface area contributed by atoms with E-state index in [2.05, 4.69) is 18.8 Å². The second-order valence-electron chi connectivity index (χ2n) is 4.35. The lowest BCUT2D eigenvalue weighted by Gasteiger charge is -2.14. The van der Waals surface area contributed by atoms with E-state index in [1.54, 1.807) is 12.1 Å². The third kappa shape index (κ3) is 1.89. The number of nitrogens with one attached hydrogen (secondary N) is 1. The Hall–Kier alpha value is -1.31. The van der Waals surface area contributed by atoms with Crippen LogP contribution in [-0.2, 0) is 6.42 Å².